The van der Waals surface area contributed by atoms with Crippen molar-refractivity contribution < 1.29 is 9.18 Å². The van der Waals surface area contributed by atoms with E-state index in [9.17, 15) is 9.18 Å². The maximum absolute atomic E-state index is 13.5. The minimum atomic E-state index is -0.749. The molecule has 5 nitrogen and oxygen atoms in total. The number of nitrogens with one attached hydrogen (secondary N) is 2. The third kappa shape index (κ3) is 3.42. The van der Waals surface area contributed by atoms with Crippen molar-refractivity contribution in [3.05, 3.63) is 46.2 Å². The lowest BCUT2D eigenvalue weighted by Crippen LogP contribution is -2.53. The van der Waals surface area contributed by atoms with Crippen molar-refractivity contribution in [2.75, 3.05) is 25.5 Å². The highest BCUT2D eigenvalue weighted by molar-refractivity contribution is 7.09. The van der Waals surface area contributed by atoms with Crippen molar-refractivity contribution in [1.82, 2.24) is 15.2 Å². The predicted molar refractivity (Wildman–Crippen MR) is 93.6 cm³/mol. The first-order valence-electron chi connectivity index (χ1n) is 7.90. The Hall–Kier alpha value is -1.99. The molecule has 0 saturated carbocycles. The number of thiazole rings is 1. The molecule has 1 aliphatic rings. The fourth-order valence-electron chi connectivity index (χ4n) is 3.13. The first-order valence-corrected chi connectivity index (χ1v) is 8.78. The Kier molecular flexibility index (Phi) is 4.82. The monoisotopic (exact) mass is 348 g/mol. The molecule has 2 aromatic rings. The molecule has 1 fully saturated rings. The minimum absolute atomic E-state index is 0.0738. The van der Waals surface area contributed by atoms with Crippen molar-refractivity contribution in [1.29, 1.82) is 0 Å². The van der Waals surface area contributed by atoms with Gasteiger partial charge in [0.25, 0.3) is 0 Å². The van der Waals surface area contributed by atoms with Crippen LogP contribution in [0, 0.1) is 12.7 Å². The zero-order chi connectivity index (χ0) is 17.2. The summed E-state index contributed by atoms with van der Waals surface area (Å²) in [6.07, 6.45) is 0.668. The van der Waals surface area contributed by atoms with Crippen LogP contribution in [0.4, 0.5) is 10.1 Å². The van der Waals surface area contributed by atoms with Crippen molar-refractivity contribution >= 4 is 22.9 Å². The molecule has 24 heavy (non-hydrogen) atoms. The van der Waals surface area contributed by atoms with Gasteiger partial charge in [0.05, 0.1) is 11.2 Å². The number of nitrogens with zero attached hydrogens (tertiary/aromatic N) is 2. The van der Waals surface area contributed by atoms with Crippen LogP contribution < -0.4 is 10.6 Å². The molecule has 7 heteroatoms. The highest BCUT2D eigenvalue weighted by Crippen LogP contribution is 2.29. The molecule has 0 radical (unpaired) electrons. The van der Waals surface area contributed by atoms with Crippen LogP contribution >= 0.6 is 11.3 Å². The number of rotatable bonds is 5. The van der Waals surface area contributed by atoms with Gasteiger partial charge in [-0.3, -0.25) is 9.69 Å². The number of likely N-dealkylation sites (N-methyl/N-ethyl adjacent to an activating group) is 1. The molecule has 0 spiro atoms. The van der Waals surface area contributed by atoms with E-state index < -0.39 is 5.54 Å². The Bertz CT molecular complexity index is 735. The molecule has 1 unspecified atom stereocenters. The maximum atomic E-state index is 13.5. The lowest BCUT2D eigenvalue weighted by molar-refractivity contribution is -0.124. The first-order chi connectivity index (χ1) is 11.5. The number of hydrogen-bond donors (Lipinski definition) is 2. The first kappa shape index (κ1) is 16.9. The number of carbonyl (C=O) groups excluding carboxylic acids is 1. The number of halogens is 1. The lowest BCUT2D eigenvalue weighted by atomic mass is 9.96. The van der Waals surface area contributed by atoms with Crippen LogP contribution in [0.5, 0.6) is 0 Å². The van der Waals surface area contributed by atoms with Gasteiger partial charge in [0.2, 0.25) is 5.91 Å². The molecule has 1 atom stereocenters. The number of amides is 1. The molecule has 0 bridgehead atoms. The van der Waals surface area contributed by atoms with Gasteiger partial charge in [0.1, 0.15) is 11.4 Å². The number of aryl methyl sites for hydroxylation is 1. The van der Waals surface area contributed by atoms with Crippen molar-refractivity contribution in [2.24, 2.45) is 0 Å². The Labute approximate surface area is 144 Å². The second kappa shape index (κ2) is 6.86. The van der Waals surface area contributed by atoms with E-state index in [0.29, 0.717) is 18.7 Å². The van der Waals surface area contributed by atoms with E-state index >= 15 is 0 Å². The molecule has 1 amide bonds. The van der Waals surface area contributed by atoms with E-state index in [0.717, 1.165) is 18.8 Å². The smallest absolute Gasteiger partial charge is 0.246 e. The summed E-state index contributed by atoms with van der Waals surface area (Å²) in [6, 6.07) is 6.23. The van der Waals surface area contributed by atoms with Crippen LogP contribution in [0.1, 0.15) is 17.0 Å². The molecule has 0 aliphatic carbocycles. The Morgan fingerprint density at radius 1 is 1.50 bits per heavy atom. The number of benzene rings is 1. The summed E-state index contributed by atoms with van der Waals surface area (Å²) in [7, 11) is 1.63. The number of anilines is 1. The molecule has 2 N–H and O–H groups in total. The summed E-state index contributed by atoms with van der Waals surface area (Å²) in [6.45, 7) is 4.15. The lowest BCUT2D eigenvalue weighted by Gasteiger charge is -2.30. The van der Waals surface area contributed by atoms with Gasteiger partial charge < -0.3 is 10.6 Å². The average molecular weight is 348 g/mol. The van der Waals surface area contributed by atoms with E-state index in [1.807, 2.05) is 12.4 Å². The summed E-state index contributed by atoms with van der Waals surface area (Å²) < 4.78 is 13.5. The van der Waals surface area contributed by atoms with Gasteiger partial charge in [-0.1, -0.05) is 6.07 Å². The summed E-state index contributed by atoms with van der Waals surface area (Å²) >= 11 is 1.63. The summed E-state index contributed by atoms with van der Waals surface area (Å²) in [5.74, 6) is -0.391. The summed E-state index contributed by atoms with van der Waals surface area (Å²) in [4.78, 5) is 20.3. The van der Waals surface area contributed by atoms with Gasteiger partial charge in [0.15, 0.2) is 0 Å². The van der Waals surface area contributed by atoms with Crippen LogP contribution in [0.3, 0.4) is 0 Å². The van der Waals surface area contributed by atoms with Crippen LogP contribution in [-0.4, -0.2) is 41.5 Å². The normalized spacial score (nSPS) is 21.0. The van der Waals surface area contributed by atoms with Gasteiger partial charge in [0, 0.05) is 37.2 Å². The van der Waals surface area contributed by atoms with Gasteiger partial charge in [-0.15, -0.1) is 11.3 Å². The molecular weight excluding hydrogens is 327 g/mol. The quantitative estimate of drug-likeness (QED) is 0.871. The zero-order valence-corrected chi connectivity index (χ0v) is 14.6. The van der Waals surface area contributed by atoms with Crippen LogP contribution in [0.25, 0.3) is 0 Å². The highest BCUT2D eigenvalue weighted by atomic mass is 32.1. The predicted octanol–water partition coefficient (Wildman–Crippen LogP) is 2.39. The van der Waals surface area contributed by atoms with Gasteiger partial charge in [-0.2, -0.15) is 0 Å². The van der Waals surface area contributed by atoms with Gasteiger partial charge >= 0.3 is 0 Å². The number of likely N-dealkylation sites (tertiary alicyclic amines) is 1. The van der Waals surface area contributed by atoms with Crippen molar-refractivity contribution in [2.45, 2.75) is 25.4 Å². The van der Waals surface area contributed by atoms with Crippen molar-refractivity contribution in [3.8, 4) is 0 Å². The standard InChI is InChI=1S/C17H21FN4OS/c1-12-15(24-11-20-12)9-22-7-6-17(10-22,16(23)19-2)21-14-5-3-4-13(18)8-14/h3-5,8,11,21H,6-7,9-10H2,1-2H3,(H,19,23). The molecule has 1 aromatic carbocycles. The summed E-state index contributed by atoms with van der Waals surface area (Å²) in [5.41, 5.74) is 2.75. The van der Waals surface area contributed by atoms with E-state index in [1.54, 1.807) is 30.5 Å². The molecule has 3 rings (SSSR count). The van der Waals surface area contributed by atoms with Crippen LogP contribution in [-0.2, 0) is 11.3 Å². The average Bonchev–Trinajstić information content (AvgIpc) is 3.15. The maximum Gasteiger partial charge on any atom is 0.246 e. The topological polar surface area (TPSA) is 57.3 Å². The minimum Gasteiger partial charge on any atom is -0.370 e. The fourth-order valence-corrected chi connectivity index (χ4v) is 3.95. The number of carbonyl (C=O) groups is 1. The van der Waals surface area contributed by atoms with Crippen LogP contribution in [0.2, 0.25) is 0 Å². The largest absolute Gasteiger partial charge is 0.370 e. The van der Waals surface area contributed by atoms with E-state index in [-0.39, 0.29) is 11.7 Å². The Morgan fingerprint density at radius 2 is 2.33 bits per heavy atom. The Morgan fingerprint density at radius 3 is 3.00 bits per heavy atom. The third-order valence-corrected chi connectivity index (χ3v) is 5.35. The molecule has 1 aliphatic heterocycles. The molecular formula is C17H21FN4OS. The summed E-state index contributed by atoms with van der Waals surface area (Å²) in [5, 5.41) is 6.01. The molecule has 2 heterocycles. The highest BCUT2D eigenvalue weighted by Gasteiger charge is 2.44. The van der Waals surface area contributed by atoms with E-state index in [2.05, 4.69) is 20.5 Å². The molecule has 128 valence electrons. The van der Waals surface area contributed by atoms with Crippen molar-refractivity contribution in [3.63, 3.8) is 0 Å². The second-order valence-electron chi connectivity index (χ2n) is 6.12. The van der Waals surface area contributed by atoms with Gasteiger partial charge in [-0.25, -0.2) is 9.37 Å². The second-order valence-corrected chi connectivity index (χ2v) is 7.06. The van der Waals surface area contributed by atoms with Gasteiger partial charge in [-0.05, 0) is 31.5 Å². The Balaban J connectivity index is 1.78. The SMILES string of the molecule is CNC(=O)C1(Nc2cccc(F)c2)CCN(Cc2scnc2C)C1. The number of aromatic nitrogens is 1. The zero-order valence-electron chi connectivity index (χ0n) is 13.8. The van der Waals surface area contributed by atoms with E-state index in [1.165, 1.54) is 17.0 Å². The third-order valence-electron chi connectivity index (χ3n) is 4.43. The van der Waals surface area contributed by atoms with Crippen LogP contribution in [0.15, 0.2) is 29.8 Å². The molecule has 1 saturated heterocycles. The fraction of sp³-hybridized carbons (Fsp3) is 0.412. The van der Waals surface area contributed by atoms with E-state index in [4.69, 9.17) is 0 Å². The number of hydrogen-bond acceptors (Lipinski definition) is 5. The molecule has 1 aromatic heterocycles.